The van der Waals surface area contributed by atoms with Crippen LogP contribution in [-0.4, -0.2) is 0 Å². The first-order valence-electron chi connectivity index (χ1n) is 3.59. The summed E-state index contributed by atoms with van der Waals surface area (Å²) in [6.07, 6.45) is 3.32. The van der Waals surface area contributed by atoms with E-state index >= 15 is 0 Å². The molecule has 1 nitrogen and oxygen atoms in total. The summed E-state index contributed by atoms with van der Waals surface area (Å²) in [6, 6.07) is -1.76. The van der Waals surface area contributed by atoms with Gasteiger partial charge in [-0.25, -0.2) is 0 Å². The van der Waals surface area contributed by atoms with Crippen molar-refractivity contribution in [3.8, 4) is 0 Å². The highest BCUT2D eigenvalue weighted by atomic mass is 19.2. The average Bonchev–Trinajstić information content (AvgIpc) is 1.87. The van der Waals surface area contributed by atoms with Gasteiger partial charge in [-0.1, -0.05) is 13.8 Å². The average molecular weight is 162 g/mol. The molecule has 0 unspecified atom stereocenters. The predicted octanol–water partition coefficient (Wildman–Crippen LogP) is 3.44. The lowest BCUT2D eigenvalue weighted by Gasteiger charge is -1.96. The molecule has 0 atom stereocenters. The molecule has 0 aromatic carbocycles. The zero-order valence-electron chi connectivity index (χ0n) is 6.73. The third-order valence-corrected chi connectivity index (χ3v) is 0.924. The number of hydrogen-bond acceptors (Lipinski definition) is 1. The molecule has 0 N–H and O–H groups in total. The van der Waals surface area contributed by atoms with E-state index in [4.69, 9.17) is 0 Å². The monoisotopic (exact) mass is 162 g/mol. The Labute approximate surface area is 65.4 Å². The summed E-state index contributed by atoms with van der Waals surface area (Å²) >= 11 is 0. The molecule has 0 rings (SSSR count). The third kappa shape index (κ3) is 5.58. The van der Waals surface area contributed by atoms with Crippen molar-refractivity contribution in [2.45, 2.75) is 26.7 Å². The van der Waals surface area contributed by atoms with Crippen molar-refractivity contribution >= 4 is 0 Å². The van der Waals surface area contributed by atoms with Crippen LogP contribution in [0.2, 0.25) is 0 Å². The van der Waals surface area contributed by atoms with Crippen molar-refractivity contribution in [1.29, 1.82) is 0 Å². The maximum atomic E-state index is 12.3. The van der Waals surface area contributed by atoms with E-state index in [0.717, 1.165) is 0 Å². The minimum atomic E-state index is -0.880. The van der Waals surface area contributed by atoms with E-state index in [2.05, 4.69) is 4.74 Å². The molecule has 0 saturated heterocycles. The second-order valence-corrected chi connectivity index (χ2v) is 1.94. The molecular weight excluding hydrogens is 150 g/mol. The maximum absolute atomic E-state index is 12.3. The van der Waals surface area contributed by atoms with Gasteiger partial charge in [-0.15, -0.1) is 0 Å². The summed E-state index contributed by atoms with van der Waals surface area (Å²) in [5, 5.41) is 0. The van der Waals surface area contributed by atoms with Gasteiger partial charge in [0.1, 0.15) is 0 Å². The van der Waals surface area contributed by atoms with Crippen LogP contribution in [0.3, 0.4) is 0 Å². The summed E-state index contributed by atoms with van der Waals surface area (Å²) in [5.41, 5.74) is 0. The fourth-order valence-corrected chi connectivity index (χ4v) is 0.497. The van der Waals surface area contributed by atoms with E-state index in [9.17, 15) is 8.78 Å². The first-order chi connectivity index (χ1) is 5.20. The lowest BCUT2D eigenvalue weighted by atomic mass is 10.5. The molecule has 0 heterocycles. The largest absolute Gasteiger partial charge is 0.404 e. The van der Waals surface area contributed by atoms with E-state index < -0.39 is 12.0 Å². The molecule has 0 aliphatic carbocycles. The molecule has 0 radical (unpaired) electrons. The van der Waals surface area contributed by atoms with E-state index in [1.807, 2.05) is 0 Å². The topological polar surface area (TPSA) is 9.23 Å². The molecule has 11 heavy (non-hydrogen) atoms. The lowest BCUT2D eigenvalue weighted by molar-refractivity contribution is 0.152. The van der Waals surface area contributed by atoms with Crippen molar-refractivity contribution < 1.29 is 13.5 Å². The molecule has 3 heteroatoms. The first kappa shape index (κ1) is 10.1. The van der Waals surface area contributed by atoms with E-state index in [0.29, 0.717) is 12.8 Å². The Morgan fingerprint density at radius 2 is 1.45 bits per heavy atom. The molecule has 0 saturated carbocycles. The van der Waals surface area contributed by atoms with Gasteiger partial charge in [0.2, 0.25) is 0 Å². The van der Waals surface area contributed by atoms with Crippen molar-refractivity contribution in [1.82, 2.24) is 0 Å². The summed E-state index contributed by atoms with van der Waals surface area (Å²) in [5.74, 6) is 0. The second-order valence-electron chi connectivity index (χ2n) is 1.94. The zero-order valence-corrected chi connectivity index (χ0v) is 6.73. The highest BCUT2D eigenvalue weighted by Crippen LogP contribution is 2.09. The van der Waals surface area contributed by atoms with Crippen LogP contribution < -0.4 is 0 Å². The lowest BCUT2D eigenvalue weighted by Crippen LogP contribution is -1.82. The van der Waals surface area contributed by atoms with Crippen LogP contribution in [0.5, 0.6) is 0 Å². The smallest absolute Gasteiger partial charge is 0.275 e. The van der Waals surface area contributed by atoms with Crippen LogP contribution in [0.4, 0.5) is 8.78 Å². The van der Waals surface area contributed by atoms with Gasteiger partial charge in [0.15, 0.2) is 0 Å². The number of ether oxygens (including phenoxy) is 1. The highest BCUT2D eigenvalue weighted by Gasteiger charge is 1.97. The molecule has 0 bridgehead atoms. The van der Waals surface area contributed by atoms with E-state index in [1.165, 1.54) is 12.2 Å². The normalized spacial score (nSPS) is 13.5. The molecule has 0 spiro atoms. The van der Waals surface area contributed by atoms with Gasteiger partial charge >= 0.3 is 0 Å². The fourth-order valence-electron chi connectivity index (χ4n) is 0.497. The van der Waals surface area contributed by atoms with Gasteiger partial charge in [-0.2, -0.15) is 8.78 Å². The third-order valence-electron chi connectivity index (χ3n) is 0.924. The van der Waals surface area contributed by atoms with Crippen LogP contribution in [-0.2, 0) is 4.74 Å². The highest BCUT2D eigenvalue weighted by molar-refractivity contribution is 4.89. The Hall–Kier alpha value is -0.860. The Morgan fingerprint density at radius 3 is 1.73 bits per heavy atom. The van der Waals surface area contributed by atoms with Crippen molar-refractivity contribution in [3.63, 3.8) is 0 Å². The van der Waals surface area contributed by atoms with E-state index in [-0.39, 0.29) is 0 Å². The SMILES string of the molecule is CC/C=C(\F)O/C(F)=C/CC. The molecule has 0 fully saturated rings. The molecule has 0 aliphatic rings. The fraction of sp³-hybridized carbons (Fsp3) is 0.500. The predicted molar refractivity (Wildman–Crippen MR) is 40.0 cm³/mol. The molecule has 64 valence electrons. The van der Waals surface area contributed by atoms with Crippen molar-refractivity contribution in [2.75, 3.05) is 0 Å². The Balaban J connectivity index is 3.84. The minimum Gasteiger partial charge on any atom is -0.404 e. The van der Waals surface area contributed by atoms with E-state index in [1.54, 1.807) is 13.8 Å². The summed E-state index contributed by atoms with van der Waals surface area (Å²) in [6.45, 7) is 3.48. The van der Waals surface area contributed by atoms with Gasteiger partial charge in [0, 0.05) is 0 Å². The zero-order chi connectivity index (χ0) is 8.69. The van der Waals surface area contributed by atoms with Gasteiger partial charge in [0.25, 0.3) is 12.0 Å². The number of rotatable bonds is 4. The van der Waals surface area contributed by atoms with Crippen LogP contribution >= 0.6 is 0 Å². The Morgan fingerprint density at radius 1 is 1.09 bits per heavy atom. The summed E-state index contributed by atoms with van der Waals surface area (Å²) in [7, 11) is 0. The minimum absolute atomic E-state index is 0.491. The number of halogens is 2. The van der Waals surface area contributed by atoms with Crippen molar-refractivity contribution in [3.05, 3.63) is 24.2 Å². The van der Waals surface area contributed by atoms with Crippen LogP contribution in [0.1, 0.15) is 26.7 Å². The van der Waals surface area contributed by atoms with Crippen LogP contribution in [0.25, 0.3) is 0 Å². The number of allylic oxidation sites excluding steroid dienone is 2. The molecule has 0 aliphatic heterocycles. The molecule has 0 aromatic rings. The maximum Gasteiger partial charge on any atom is 0.275 e. The van der Waals surface area contributed by atoms with Gasteiger partial charge in [-0.3, -0.25) is 0 Å². The molecular formula is C8H12F2O. The van der Waals surface area contributed by atoms with Crippen LogP contribution in [0, 0.1) is 0 Å². The van der Waals surface area contributed by atoms with Gasteiger partial charge in [-0.05, 0) is 25.0 Å². The molecule has 0 amide bonds. The van der Waals surface area contributed by atoms with Gasteiger partial charge in [0.05, 0.1) is 0 Å². The Bertz CT molecular complexity index is 143. The number of hydrogen-bond donors (Lipinski definition) is 0. The molecule has 0 aromatic heterocycles. The quantitative estimate of drug-likeness (QED) is 0.575. The second kappa shape index (κ2) is 5.89. The van der Waals surface area contributed by atoms with Crippen molar-refractivity contribution in [2.24, 2.45) is 0 Å². The summed E-state index contributed by atoms with van der Waals surface area (Å²) in [4.78, 5) is 0. The Kier molecular flexibility index (Phi) is 5.43. The standard InChI is InChI=1S/C8H12F2O/c1-3-5-7(9)11-8(10)6-4-2/h5-6H,3-4H2,1-2H3/b7-5+,8-6+. The van der Waals surface area contributed by atoms with Crippen LogP contribution in [0.15, 0.2) is 24.2 Å². The summed E-state index contributed by atoms with van der Waals surface area (Å²) < 4.78 is 28.8. The first-order valence-corrected chi connectivity index (χ1v) is 3.59. The van der Waals surface area contributed by atoms with Gasteiger partial charge < -0.3 is 4.74 Å².